The summed E-state index contributed by atoms with van der Waals surface area (Å²) in [6.45, 7) is 9.80. The lowest BCUT2D eigenvalue weighted by molar-refractivity contribution is 0.0938. The highest BCUT2D eigenvalue weighted by Crippen LogP contribution is 2.21. The Labute approximate surface area is 148 Å². The summed E-state index contributed by atoms with van der Waals surface area (Å²) in [6, 6.07) is 8.37. The van der Waals surface area contributed by atoms with Crippen molar-refractivity contribution in [3.8, 4) is 0 Å². The van der Waals surface area contributed by atoms with Gasteiger partial charge in [-0.2, -0.15) is 0 Å². The van der Waals surface area contributed by atoms with Crippen molar-refractivity contribution in [2.24, 2.45) is 0 Å². The first-order chi connectivity index (χ1) is 12.0. The fourth-order valence-electron chi connectivity index (χ4n) is 3.20. The second kappa shape index (κ2) is 7.27. The van der Waals surface area contributed by atoms with Gasteiger partial charge in [0.05, 0.1) is 11.7 Å². The Hall–Kier alpha value is -2.34. The number of nitrogens with one attached hydrogen (secondary N) is 1. The van der Waals surface area contributed by atoms with Crippen molar-refractivity contribution < 1.29 is 9.32 Å². The Morgan fingerprint density at radius 1 is 1.16 bits per heavy atom. The van der Waals surface area contributed by atoms with Gasteiger partial charge in [0, 0.05) is 31.9 Å². The average Bonchev–Trinajstić information content (AvgIpc) is 2.94. The third-order valence-corrected chi connectivity index (χ3v) is 4.87. The molecule has 25 heavy (non-hydrogen) atoms. The molecule has 2 aromatic rings. The number of hydrogen-bond donors (Lipinski definition) is 1. The zero-order chi connectivity index (χ0) is 18.0. The van der Waals surface area contributed by atoms with E-state index < -0.39 is 0 Å². The first-order valence-corrected chi connectivity index (χ1v) is 8.73. The van der Waals surface area contributed by atoms with Crippen molar-refractivity contribution in [3.05, 3.63) is 46.8 Å². The van der Waals surface area contributed by atoms with Crippen LogP contribution >= 0.6 is 0 Å². The van der Waals surface area contributed by atoms with Crippen LogP contribution in [-0.4, -0.2) is 49.2 Å². The molecule has 1 aromatic carbocycles. The number of benzene rings is 1. The molecule has 0 saturated carbocycles. The summed E-state index contributed by atoms with van der Waals surface area (Å²) in [4.78, 5) is 17.2. The average molecular weight is 342 g/mol. The highest BCUT2D eigenvalue weighted by atomic mass is 16.5. The maximum Gasteiger partial charge on any atom is 0.257 e. The molecule has 1 aliphatic rings. The number of carbonyl (C=O) groups excluding carboxylic acids is 1. The van der Waals surface area contributed by atoms with Crippen molar-refractivity contribution >= 4 is 11.6 Å². The van der Waals surface area contributed by atoms with Gasteiger partial charge in [0.2, 0.25) is 0 Å². The largest absolute Gasteiger partial charge is 0.369 e. The highest BCUT2D eigenvalue weighted by molar-refractivity contribution is 5.96. The summed E-state index contributed by atoms with van der Waals surface area (Å²) in [6.07, 6.45) is 0. The molecular weight excluding hydrogens is 316 g/mol. The Bertz CT molecular complexity index is 711. The maximum absolute atomic E-state index is 12.5. The smallest absolute Gasteiger partial charge is 0.257 e. The standard InChI is InChI=1S/C19H26N4O2/c1-13(20-19(24)18-14(2)21-25-15(18)3)16-5-7-17(8-6-16)23-11-9-22(4)10-12-23/h5-8,13H,9-12H2,1-4H3,(H,20,24)/t13-/m1/s1. The number of rotatable bonds is 4. The number of likely N-dealkylation sites (N-methyl/N-ethyl adjacent to an activating group) is 1. The van der Waals surface area contributed by atoms with Crippen molar-refractivity contribution in [2.75, 3.05) is 38.1 Å². The zero-order valence-electron chi connectivity index (χ0n) is 15.4. The van der Waals surface area contributed by atoms with Crippen LogP contribution in [0.25, 0.3) is 0 Å². The second-order valence-electron chi connectivity index (χ2n) is 6.78. The van der Waals surface area contributed by atoms with E-state index >= 15 is 0 Å². The van der Waals surface area contributed by atoms with Gasteiger partial charge in [-0.25, -0.2) is 0 Å². The van der Waals surface area contributed by atoms with Crippen LogP contribution in [0.1, 0.15) is 40.3 Å². The van der Waals surface area contributed by atoms with Gasteiger partial charge in [0.25, 0.3) is 5.91 Å². The van der Waals surface area contributed by atoms with E-state index in [9.17, 15) is 4.79 Å². The first-order valence-electron chi connectivity index (χ1n) is 8.73. The third kappa shape index (κ3) is 3.85. The van der Waals surface area contributed by atoms with Crippen LogP contribution in [0.15, 0.2) is 28.8 Å². The molecule has 1 saturated heterocycles. The monoisotopic (exact) mass is 342 g/mol. The van der Waals surface area contributed by atoms with Crippen molar-refractivity contribution in [1.29, 1.82) is 0 Å². The van der Waals surface area contributed by atoms with Gasteiger partial charge < -0.3 is 19.6 Å². The van der Waals surface area contributed by atoms with E-state index in [4.69, 9.17) is 4.52 Å². The summed E-state index contributed by atoms with van der Waals surface area (Å²) in [5, 5.41) is 6.87. The van der Waals surface area contributed by atoms with Crippen molar-refractivity contribution in [2.45, 2.75) is 26.8 Å². The lowest BCUT2D eigenvalue weighted by Gasteiger charge is -2.34. The van der Waals surface area contributed by atoms with Gasteiger partial charge in [-0.3, -0.25) is 4.79 Å². The molecule has 0 spiro atoms. The summed E-state index contributed by atoms with van der Waals surface area (Å²) in [7, 11) is 2.16. The summed E-state index contributed by atoms with van der Waals surface area (Å²) < 4.78 is 5.07. The minimum Gasteiger partial charge on any atom is -0.369 e. The number of nitrogens with zero attached hydrogens (tertiary/aromatic N) is 3. The highest BCUT2D eigenvalue weighted by Gasteiger charge is 2.20. The molecule has 134 valence electrons. The quantitative estimate of drug-likeness (QED) is 0.925. The van der Waals surface area contributed by atoms with E-state index in [0.717, 1.165) is 31.7 Å². The Morgan fingerprint density at radius 2 is 1.80 bits per heavy atom. The fourth-order valence-corrected chi connectivity index (χ4v) is 3.20. The number of amides is 1. The number of piperazine rings is 1. The van der Waals surface area contributed by atoms with E-state index in [-0.39, 0.29) is 11.9 Å². The molecule has 1 amide bonds. The third-order valence-electron chi connectivity index (χ3n) is 4.87. The lowest BCUT2D eigenvalue weighted by Crippen LogP contribution is -2.44. The van der Waals surface area contributed by atoms with Crippen LogP contribution in [0.5, 0.6) is 0 Å². The van der Waals surface area contributed by atoms with Crippen LogP contribution in [0.4, 0.5) is 5.69 Å². The summed E-state index contributed by atoms with van der Waals surface area (Å²) in [5.41, 5.74) is 3.47. The predicted octanol–water partition coefficient (Wildman–Crippen LogP) is 2.53. The number of hydrogen-bond acceptors (Lipinski definition) is 5. The number of anilines is 1. The van der Waals surface area contributed by atoms with Crippen LogP contribution in [-0.2, 0) is 0 Å². The molecular formula is C19H26N4O2. The Morgan fingerprint density at radius 3 is 2.36 bits per heavy atom. The zero-order valence-corrected chi connectivity index (χ0v) is 15.4. The van der Waals surface area contributed by atoms with Gasteiger partial charge in [-0.1, -0.05) is 17.3 Å². The molecule has 1 N–H and O–H groups in total. The van der Waals surface area contributed by atoms with Crippen molar-refractivity contribution in [1.82, 2.24) is 15.4 Å². The molecule has 2 heterocycles. The Kier molecular flexibility index (Phi) is 5.08. The van der Waals surface area contributed by atoms with Gasteiger partial charge in [0.1, 0.15) is 11.3 Å². The van der Waals surface area contributed by atoms with E-state index in [1.165, 1.54) is 5.69 Å². The minimum atomic E-state index is -0.146. The van der Waals surface area contributed by atoms with Crippen LogP contribution in [0.2, 0.25) is 0 Å². The fraction of sp³-hybridized carbons (Fsp3) is 0.474. The predicted molar refractivity (Wildman–Crippen MR) is 98.0 cm³/mol. The van der Waals surface area contributed by atoms with E-state index in [0.29, 0.717) is 17.0 Å². The lowest BCUT2D eigenvalue weighted by atomic mass is 10.1. The number of aryl methyl sites for hydroxylation is 2. The van der Waals surface area contributed by atoms with E-state index in [1.54, 1.807) is 13.8 Å². The second-order valence-corrected chi connectivity index (χ2v) is 6.78. The molecule has 1 atom stereocenters. The van der Waals surface area contributed by atoms with Gasteiger partial charge in [-0.05, 0) is 45.5 Å². The van der Waals surface area contributed by atoms with Crippen LogP contribution in [0.3, 0.4) is 0 Å². The van der Waals surface area contributed by atoms with Crippen molar-refractivity contribution in [3.63, 3.8) is 0 Å². The van der Waals surface area contributed by atoms with E-state index in [2.05, 4.69) is 51.6 Å². The number of carbonyl (C=O) groups is 1. The molecule has 1 fully saturated rings. The minimum absolute atomic E-state index is 0.0808. The molecule has 0 radical (unpaired) electrons. The molecule has 1 aromatic heterocycles. The molecule has 6 nitrogen and oxygen atoms in total. The first kappa shape index (κ1) is 17.5. The summed E-state index contributed by atoms with van der Waals surface area (Å²) >= 11 is 0. The molecule has 6 heteroatoms. The summed E-state index contributed by atoms with van der Waals surface area (Å²) in [5.74, 6) is 0.402. The van der Waals surface area contributed by atoms with Gasteiger partial charge in [0.15, 0.2) is 0 Å². The molecule has 0 bridgehead atoms. The SMILES string of the molecule is Cc1noc(C)c1C(=O)N[C@H](C)c1ccc(N2CCN(C)CC2)cc1. The topological polar surface area (TPSA) is 61.6 Å². The van der Waals surface area contributed by atoms with Gasteiger partial charge in [-0.15, -0.1) is 0 Å². The van der Waals surface area contributed by atoms with E-state index in [1.807, 2.05) is 6.92 Å². The normalized spacial score (nSPS) is 16.7. The van der Waals surface area contributed by atoms with Gasteiger partial charge >= 0.3 is 0 Å². The van der Waals surface area contributed by atoms with Crippen LogP contribution < -0.4 is 10.2 Å². The van der Waals surface area contributed by atoms with Crippen LogP contribution in [0, 0.1) is 13.8 Å². The molecule has 0 unspecified atom stereocenters. The Balaban J connectivity index is 1.64. The number of aromatic nitrogens is 1. The molecule has 3 rings (SSSR count). The maximum atomic E-state index is 12.5. The molecule has 0 aliphatic carbocycles. The molecule has 1 aliphatic heterocycles.